The summed E-state index contributed by atoms with van der Waals surface area (Å²) >= 11 is 6.00. The van der Waals surface area contributed by atoms with Crippen molar-refractivity contribution in [3.05, 3.63) is 51.0 Å². The van der Waals surface area contributed by atoms with Gasteiger partial charge in [-0.05, 0) is 24.6 Å². The smallest absolute Gasteiger partial charge is 0.314 e. The van der Waals surface area contributed by atoms with Gasteiger partial charge >= 0.3 is 11.8 Å². The van der Waals surface area contributed by atoms with Gasteiger partial charge < -0.3 is 20.1 Å². The molecule has 2 N–H and O–H groups in total. The minimum Gasteiger partial charge on any atom is -0.495 e. The van der Waals surface area contributed by atoms with E-state index in [9.17, 15) is 19.7 Å². The lowest BCUT2D eigenvalue weighted by Gasteiger charge is -2.13. The molecule has 10 heteroatoms. The average molecular weight is 394 g/mol. The van der Waals surface area contributed by atoms with Crippen LogP contribution in [0.5, 0.6) is 11.5 Å². The van der Waals surface area contributed by atoms with Crippen LogP contribution in [0.3, 0.4) is 0 Å². The third-order valence-electron chi connectivity index (χ3n) is 3.58. The highest BCUT2D eigenvalue weighted by molar-refractivity contribution is 6.44. The van der Waals surface area contributed by atoms with E-state index in [1.165, 1.54) is 32.4 Å². The number of ether oxygens (including phenoxy) is 2. The Kier molecular flexibility index (Phi) is 6.19. The lowest BCUT2D eigenvalue weighted by molar-refractivity contribution is -0.384. The Bertz CT molecular complexity index is 916. The summed E-state index contributed by atoms with van der Waals surface area (Å²) in [5.41, 5.74) is 0.659. The molecule has 2 aromatic rings. The highest BCUT2D eigenvalue weighted by Crippen LogP contribution is 2.31. The largest absolute Gasteiger partial charge is 0.495 e. The van der Waals surface area contributed by atoms with Crippen LogP contribution in [0.15, 0.2) is 30.3 Å². The summed E-state index contributed by atoms with van der Waals surface area (Å²) in [7, 11) is 2.73. The fourth-order valence-electron chi connectivity index (χ4n) is 2.20. The van der Waals surface area contributed by atoms with Gasteiger partial charge in [0.25, 0.3) is 5.69 Å². The Morgan fingerprint density at radius 3 is 2.07 bits per heavy atom. The zero-order valence-corrected chi connectivity index (χ0v) is 15.4. The van der Waals surface area contributed by atoms with E-state index in [1.54, 1.807) is 13.0 Å². The number of halogens is 1. The van der Waals surface area contributed by atoms with Crippen molar-refractivity contribution in [2.45, 2.75) is 6.92 Å². The topological polar surface area (TPSA) is 120 Å². The standard InChI is InChI=1S/C17H16ClN3O6/c1-9-6-12(15(27-3)8-11(9)18)19-16(22)17(23)20-13-7-10(21(24)25)4-5-14(13)26-2/h4-8H,1-3H3,(H,19,22)(H,20,23). The molecule has 0 spiro atoms. The average Bonchev–Trinajstić information content (AvgIpc) is 2.64. The van der Waals surface area contributed by atoms with E-state index in [0.717, 1.165) is 6.07 Å². The number of aryl methyl sites for hydroxylation is 1. The summed E-state index contributed by atoms with van der Waals surface area (Å²) in [5, 5.41) is 16.0. The minimum absolute atomic E-state index is 0.00824. The van der Waals surface area contributed by atoms with Crippen molar-refractivity contribution >= 4 is 40.5 Å². The summed E-state index contributed by atoms with van der Waals surface area (Å²) in [5.74, 6) is -1.59. The normalized spacial score (nSPS) is 10.1. The number of carbonyl (C=O) groups excluding carboxylic acids is 2. The molecule has 0 bridgehead atoms. The summed E-state index contributed by atoms with van der Waals surface area (Å²) in [6, 6.07) is 6.69. The van der Waals surface area contributed by atoms with Gasteiger partial charge in [0, 0.05) is 23.2 Å². The third kappa shape index (κ3) is 4.64. The molecule has 2 rings (SSSR count). The Labute approximate surface area is 159 Å². The fourth-order valence-corrected chi connectivity index (χ4v) is 2.35. The second-order valence-electron chi connectivity index (χ2n) is 5.35. The number of methoxy groups -OCH3 is 2. The van der Waals surface area contributed by atoms with Gasteiger partial charge in [-0.1, -0.05) is 11.6 Å². The highest BCUT2D eigenvalue weighted by Gasteiger charge is 2.20. The van der Waals surface area contributed by atoms with Gasteiger partial charge in [-0.3, -0.25) is 19.7 Å². The van der Waals surface area contributed by atoms with Crippen molar-refractivity contribution in [1.29, 1.82) is 0 Å². The fraction of sp³-hybridized carbons (Fsp3) is 0.176. The molecular formula is C17H16ClN3O6. The molecule has 0 saturated carbocycles. The van der Waals surface area contributed by atoms with E-state index < -0.39 is 16.7 Å². The summed E-state index contributed by atoms with van der Waals surface area (Å²) < 4.78 is 10.2. The molecule has 0 aliphatic carbocycles. The molecule has 0 aliphatic heterocycles. The van der Waals surface area contributed by atoms with Gasteiger partial charge in [-0.15, -0.1) is 0 Å². The maximum absolute atomic E-state index is 12.2. The van der Waals surface area contributed by atoms with Crippen molar-refractivity contribution in [1.82, 2.24) is 0 Å². The predicted octanol–water partition coefficient (Wildman–Crippen LogP) is 3.15. The molecule has 0 heterocycles. The van der Waals surface area contributed by atoms with Crippen molar-refractivity contribution < 1.29 is 24.0 Å². The molecule has 2 amide bonds. The quantitative estimate of drug-likeness (QED) is 0.457. The first-order valence-corrected chi connectivity index (χ1v) is 7.93. The molecule has 9 nitrogen and oxygen atoms in total. The van der Waals surface area contributed by atoms with Crippen LogP contribution in [-0.2, 0) is 9.59 Å². The number of hydrogen-bond acceptors (Lipinski definition) is 6. The number of nitro benzene ring substituents is 1. The molecule has 0 unspecified atom stereocenters. The number of non-ortho nitro benzene ring substituents is 1. The first kappa shape index (κ1) is 20.0. The number of carbonyl (C=O) groups is 2. The van der Waals surface area contributed by atoms with E-state index in [1.807, 2.05) is 0 Å². The Morgan fingerprint density at radius 2 is 1.56 bits per heavy atom. The van der Waals surface area contributed by atoms with E-state index in [2.05, 4.69) is 10.6 Å². The number of hydrogen-bond donors (Lipinski definition) is 2. The van der Waals surface area contributed by atoms with Crippen LogP contribution in [-0.4, -0.2) is 31.0 Å². The Hall–Kier alpha value is -3.33. The molecular weight excluding hydrogens is 378 g/mol. The van der Waals surface area contributed by atoms with Gasteiger partial charge in [-0.25, -0.2) is 0 Å². The van der Waals surface area contributed by atoms with Crippen LogP contribution in [0.1, 0.15) is 5.56 Å². The van der Waals surface area contributed by atoms with Crippen LogP contribution in [0.4, 0.5) is 17.1 Å². The molecule has 0 aliphatic rings. The number of rotatable bonds is 5. The molecule has 0 radical (unpaired) electrons. The number of nitrogens with zero attached hydrogens (tertiary/aromatic N) is 1. The van der Waals surface area contributed by atoms with E-state index in [4.69, 9.17) is 21.1 Å². The molecule has 0 atom stereocenters. The second-order valence-corrected chi connectivity index (χ2v) is 5.76. The SMILES string of the molecule is COc1ccc([N+](=O)[O-])cc1NC(=O)C(=O)Nc1cc(C)c(Cl)cc1OC. The highest BCUT2D eigenvalue weighted by atomic mass is 35.5. The molecule has 0 saturated heterocycles. The Morgan fingerprint density at radius 1 is 1.00 bits per heavy atom. The molecule has 27 heavy (non-hydrogen) atoms. The molecule has 2 aromatic carbocycles. The summed E-state index contributed by atoms with van der Waals surface area (Å²) in [4.78, 5) is 34.7. The van der Waals surface area contributed by atoms with Crippen LogP contribution in [0, 0.1) is 17.0 Å². The monoisotopic (exact) mass is 393 g/mol. The first-order chi connectivity index (χ1) is 12.8. The maximum atomic E-state index is 12.2. The van der Waals surface area contributed by atoms with Gasteiger partial charge in [0.2, 0.25) is 0 Å². The predicted molar refractivity (Wildman–Crippen MR) is 99.6 cm³/mol. The lowest BCUT2D eigenvalue weighted by Crippen LogP contribution is -2.29. The van der Waals surface area contributed by atoms with Crippen LogP contribution >= 0.6 is 11.6 Å². The minimum atomic E-state index is -1.04. The molecule has 0 aromatic heterocycles. The van der Waals surface area contributed by atoms with Crippen molar-refractivity contribution in [3.63, 3.8) is 0 Å². The van der Waals surface area contributed by atoms with Gasteiger partial charge in [0.1, 0.15) is 11.5 Å². The van der Waals surface area contributed by atoms with Crippen molar-refractivity contribution in [2.75, 3.05) is 24.9 Å². The van der Waals surface area contributed by atoms with Crippen LogP contribution in [0.2, 0.25) is 5.02 Å². The van der Waals surface area contributed by atoms with Crippen molar-refractivity contribution in [3.8, 4) is 11.5 Å². The van der Waals surface area contributed by atoms with E-state index >= 15 is 0 Å². The van der Waals surface area contributed by atoms with Crippen molar-refractivity contribution in [2.24, 2.45) is 0 Å². The zero-order valence-electron chi connectivity index (χ0n) is 14.7. The van der Waals surface area contributed by atoms with Crippen LogP contribution < -0.4 is 20.1 Å². The maximum Gasteiger partial charge on any atom is 0.314 e. The number of benzene rings is 2. The number of nitrogens with one attached hydrogen (secondary N) is 2. The molecule has 0 fully saturated rings. The number of nitro groups is 1. The third-order valence-corrected chi connectivity index (χ3v) is 3.98. The van der Waals surface area contributed by atoms with E-state index in [0.29, 0.717) is 10.6 Å². The summed E-state index contributed by atoms with van der Waals surface area (Å²) in [6.07, 6.45) is 0. The van der Waals surface area contributed by atoms with E-state index in [-0.39, 0.29) is 28.6 Å². The Balaban J connectivity index is 2.22. The lowest BCUT2D eigenvalue weighted by atomic mass is 10.2. The summed E-state index contributed by atoms with van der Waals surface area (Å²) in [6.45, 7) is 1.73. The van der Waals surface area contributed by atoms with Crippen LogP contribution in [0.25, 0.3) is 0 Å². The van der Waals surface area contributed by atoms with Gasteiger partial charge in [0.15, 0.2) is 0 Å². The number of amides is 2. The zero-order chi connectivity index (χ0) is 20.1. The number of anilines is 2. The van der Waals surface area contributed by atoms with Gasteiger partial charge in [-0.2, -0.15) is 0 Å². The second kappa shape index (κ2) is 8.37. The van der Waals surface area contributed by atoms with Gasteiger partial charge in [0.05, 0.1) is 30.5 Å². The molecule has 142 valence electrons. The first-order valence-electron chi connectivity index (χ1n) is 7.55.